The molecule has 0 fully saturated rings. The van der Waals surface area contributed by atoms with Crippen molar-refractivity contribution >= 4 is 6.41 Å². The molecule has 0 radical (unpaired) electrons. The minimum Gasteiger partial charge on any atom is -0.345 e. The van der Waals surface area contributed by atoms with Crippen molar-refractivity contribution < 1.29 is 4.79 Å². The van der Waals surface area contributed by atoms with Gasteiger partial charge < -0.3 is 9.80 Å². The number of rotatable bonds is 8. The molecule has 0 spiro atoms. The summed E-state index contributed by atoms with van der Waals surface area (Å²) in [6, 6.07) is 0. The van der Waals surface area contributed by atoms with Crippen LogP contribution >= 0.6 is 0 Å². The Balaban J connectivity index is 3.46. The van der Waals surface area contributed by atoms with Crippen LogP contribution < -0.4 is 0 Å². The summed E-state index contributed by atoms with van der Waals surface area (Å²) in [6.45, 7) is 11.3. The van der Waals surface area contributed by atoms with Crippen molar-refractivity contribution in [1.82, 2.24) is 9.80 Å². The Morgan fingerprint density at radius 2 is 1.62 bits per heavy atom. The van der Waals surface area contributed by atoms with Crippen LogP contribution in [0.25, 0.3) is 0 Å². The first-order valence-electron chi connectivity index (χ1n) is 5.20. The summed E-state index contributed by atoms with van der Waals surface area (Å²) in [7, 11) is 0. The molecule has 78 valence electrons. The van der Waals surface area contributed by atoms with Crippen LogP contribution in [0.15, 0.2) is 0 Å². The Morgan fingerprint density at radius 3 is 2.00 bits per heavy atom. The average Bonchev–Trinajstić information content (AvgIpc) is 2.19. The molecular formula is C10H22N2O. The van der Waals surface area contributed by atoms with Crippen molar-refractivity contribution in [3.63, 3.8) is 0 Å². The number of amides is 1. The van der Waals surface area contributed by atoms with Gasteiger partial charge in [0.1, 0.15) is 0 Å². The summed E-state index contributed by atoms with van der Waals surface area (Å²) >= 11 is 0. The fraction of sp³-hybridized carbons (Fsp3) is 0.900. The summed E-state index contributed by atoms with van der Waals surface area (Å²) < 4.78 is 0. The normalized spacial score (nSPS) is 10.5. The smallest absolute Gasteiger partial charge is 0.209 e. The predicted molar refractivity (Wildman–Crippen MR) is 55.7 cm³/mol. The molecule has 0 saturated carbocycles. The van der Waals surface area contributed by atoms with E-state index in [4.69, 9.17) is 0 Å². The second kappa shape index (κ2) is 8.05. The van der Waals surface area contributed by atoms with Gasteiger partial charge >= 0.3 is 0 Å². The van der Waals surface area contributed by atoms with Gasteiger partial charge in [0.2, 0.25) is 6.41 Å². The highest BCUT2D eigenvalue weighted by atomic mass is 16.1. The Morgan fingerprint density at radius 1 is 1.00 bits per heavy atom. The van der Waals surface area contributed by atoms with Crippen molar-refractivity contribution in [1.29, 1.82) is 0 Å². The van der Waals surface area contributed by atoms with E-state index in [2.05, 4.69) is 18.7 Å². The lowest BCUT2D eigenvalue weighted by Crippen LogP contribution is -2.29. The fourth-order valence-electron chi connectivity index (χ4n) is 1.32. The first kappa shape index (κ1) is 12.4. The van der Waals surface area contributed by atoms with E-state index in [1.165, 1.54) is 0 Å². The van der Waals surface area contributed by atoms with Crippen LogP contribution in [0.4, 0.5) is 0 Å². The summed E-state index contributed by atoms with van der Waals surface area (Å²) in [5.74, 6) is 0. The van der Waals surface area contributed by atoms with E-state index in [1.54, 1.807) is 0 Å². The highest BCUT2D eigenvalue weighted by Gasteiger charge is 2.00. The summed E-state index contributed by atoms with van der Waals surface area (Å²) in [5.41, 5.74) is 0. The largest absolute Gasteiger partial charge is 0.345 e. The maximum Gasteiger partial charge on any atom is 0.209 e. The van der Waals surface area contributed by atoms with E-state index >= 15 is 0 Å². The molecule has 0 aromatic carbocycles. The number of hydrogen-bond acceptors (Lipinski definition) is 2. The monoisotopic (exact) mass is 186 g/mol. The first-order chi connectivity index (χ1) is 6.28. The number of hydrogen-bond donors (Lipinski definition) is 0. The number of carbonyl (C=O) groups is 1. The maximum absolute atomic E-state index is 10.5. The fourth-order valence-corrected chi connectivity index (χ4v) is 1.32. The van der Waals surface area contributed by atoms with E-state index in [0.717, 1.165) is 45.6 Å². The SMILES string of the molecule is CCN(C=O)CCCN(CC)CC. The summed E-state index contributed by atoms with van der Waals surface area (Å²) in [5, 5.41) is 0. The van der Waals surface area contributed by atoms with Gasteiger partial charge in [0, 0.05) is 13.1 Å². The Bertz CT molecular complexity index is 124. The van der Waals surface area contributed by atoms with Gasteiger partial charge in [0.15, 0.2) is 0 Å². The molecule has 0 aromatic heterocycles. The second-order valence-corrected chi connectivity index (χ2v) is 3.11. The van der Waals surface area contributed by atoms with Crippen LogP contribution in [0.5, 0.6) is 0 Å². The van der Waals surface area contributed by atoms with Crippen LogP contribution in [0.3, 0.4) is 0 Å². The van der Waals surface area contributed by atoms with E-state index in [1.807, 2.05) is 11.8 Å². The van der Waals surface area contributed by atoms with Crippen LogP contribution in [0.2, 0.25) is 0 Å². The average molecular weight is 186 g/mol. The molecule has 0 atom stereocenters. The molecule has 0 aliphatic heterocycles. The molecule has 0 aliphatic carbocycles. The van der Waals surface area contributed by atoms with E-state index in [-0.39, 0.29) is 0 Å². The first-order valence-corrected chi connectivity index (χ1v) is 5.20. The molecule has 0 aromatic rings. The van der Waals surface area contributed by atoms with Gasteiger partial charge in [-0.15, -0.1) is 0 Å². The van der Waals surface area contributed by atoms with Gasteiger partial charge in [-0.3, -0.25) is 4.79 Å². The van der Waals surface area contributed by atoms with Gasteiger partial charge in [-0.05, 0) is 33.0 Å². The maximum atomic E-state index is 10.5. The van der Waals surface area contributed by atoms with Crippen LogP contribution in [-0.4, -0.2) is 48.9 Å². The highest BCUT2D eigenvalue weighted by Crippen LogP contribution is 1.92. The zero-order chi connectivity index (χ0) is 10.1. The van der Waals surface area contributed by atoms with E-state index in [0.29, 0.717) is 0 Å². The third kappa shape index (κ3) is 5.64. The molecule has 13 heavy (non-hydrogen) atoms. The Hall–Kier alpha value is -0.570. The molecule has 3 nitrogen and oxygen atoms in total. The zero-order valence-electron chi connectivity index (χ0n) is 9.12. The van der Waals surface area contributed by atoms with Crippen molar-refractivity contribution in [3.8, 4) is 0 Å². The van der Waals surface area contributed by atoms with Crippen molar-refractivity contribution in [3.05, 3.63) is 0 Å². The molecule has 0 saturated heterocycles. The predicted octanol–water partition coefficient (Wildman–Crippen LogP) is 1.20. The minimum absolute atomic E-state index is 0.821. The van der Waals surface area contributed by atoms with Crippen molar-refractivity contribution in [2.45, 2.75) is 27.2 Å². The van der Waals surface area contributed by atoms with Gasteiger partial charge in [-0.25, -0.2) is 0 Å². The lowest BCUT2D eigenvalue weighted by atomic mass is 10.3. The quantitative estimate of drug-likeness (QED) is 0.532. The van der Waals surface area contributed by atoms with Gasteiger partial charge in [-0.1, -0.05) is 13.8 Å². The molecule has 3 heteroatoms. The molecule has 0 unspecified atom stereocenters. The molecular weight excluding hydrogens is 164 g/mol. The summed E-state index contributed by atoms with van der Waals surface area (Å²) in [6.07, 6.45) is 2.01. The van der Waals surface area contributed by atoms with Gasteiger partial charge in [0.05, 0.1) is 0 Å². The minimum atomic E-state index is 0.821. The summed E-state index contributed by atoms with van der Waals surface area (Å²) in [4.78, 5) is 14.6. The second-order valence-electron chi connectivity index (χ2n) is 3.11. The van der Waals surface area contributed by atoms with Crippen LogP contribution in [-0.2, 0) is 4.79 Å². The molecule has 0 heterocycles. The topological polar surface area (TPSA) is 23.6 Å². The van der Waals surface area contributed by atoms with Gasteiger partial charge in [0.25, 0.3) is 0 Å². The standard InChI is InChI=1S/C10H22N2O/c1-4-11(5-2)8-7-9-12(6-3)10-13/h10H,4-9H2,1-3H3. The molecule has 1 amide bonds. The lowest BCUT2D eigenvalue weighted by molar-refractivity contribution is -0.118. The van der Waals surface area contributed by atoms with Crippen molar-refractivity contribution in [2.24, 2.45) is 0 Å². The number of nitrogens with zero attached hydrogens (tertiary/aromatic N) is 2. The third-order valence-electron chi connectivity index (χ3n) is 2.37. The van der Waals surface area contributed by atoms with Crippen LogP contribution in [0, 0.1) is 0 Å². The molecule has 0 bridgehead atoms. The molecule has 0 rings (SSSR count). The lowest BCUT2D eigenvalue weighted by Gasteiger charge is -2.20. The Kier molecular flexibility index (Phi) is 7.69. The molecule has 0 aliphatic rings. The number of carbonyl (C=O) groups excluding carboxylic acids is 1. The van der Waals surface area contributed by atoms with Crippen LogP contribution in [0.1, 0.15) is 27.2 Å². The third-order valence-corrected chi connectivity index (χ3v) is 2.37. The highest BCUT2D eigenvalue weighted by molar-refractivity contribution is 5.46. The van der Waals surface area contributed by atoms with Crippen molar-refractivity contribution in [2.75, 3.05) is 32.7 Å². The zero-order valence-corrected chi connectivity index (χ0v) is 9.12. The van der Waals surface area contributed by atoms with Gasteiger partial charge in [-0.2, -0.15) is 0 Å². The van der Waals surface area contributed by atoms with E-state index in [9.17, 15) is 4.79 Å². The van der Waals surface area contributed by atoms with E-state index < -0.39 is 0 Å². The Labute approximate surface area is 81.7 Å². The molecule has 0 N–H and O–H groups in total.